The van der Waals surface area contributed by atoms with E-state index in [1.165, 1.54) is 28.6 Å². The van der Waals surface area contributed by atoms with E-state index in [4.69, 9.17) is 14.5 Å². The topological polar surface area (TPSA) is 102 Å². The van der Waals surface area contributed by atoms with Crippen molar-refractivity contribution >= 4 is 44.1 Å². The highest BCUT2D eigenvalue weighted by molar-refractivity contribution is 7.22. The molecule has 1 unspecified atom stereocenters. The van der Waals surface area contributed by atoms with Gasteiger partial charge in [0.15, 0.2) is 16.6 Å². The van der Waals surface area contributed by atoms with Crippen LogP contribution in [0.25, 0.3) is 16.0 Å². The van der Waals surface area contributed by atoms with Crippen molar-refractivity contribution in [1.82, 2.24) is 9.97 Å². The molecule has 5 rings (SSSR count). The van der Waals surface area contributed by atoms with E-state index in [0.29, 0.717) is 34.4 Å². The molecule has 1 aliphatic rings. The van der Waals surface area contributed by atoms with E-state index >= 15 is 0 Å². The molecular formula is C31H31N3O5S. The molecule has 206 valence electrons. The number of ketones is 1. The predicted molar refractivity (Wildman–Crippen MR) is 156 cm³/mol. The fourth-order valence-corrected chi connectivity index (χ4v) is 6.15. The number of anilines is 1. The molecule has 8 nitrogen and oxygen atoms in total. The van der Waals surface area contributed by atoms with Gasteiger partial charge >= 0.3 is 5.91 Å². The van der Waals surface area contributed by atoms with Gasteiger partial charge in [0.1, 0.15) is 5.76 Å². The maximum Gasteiger partial charge on any atom is 0.301 e. The predicted octanol–water partition coefficient (Wildman–Crippen LogP) is 6.51. The van der Waals surface area contributed by atoms with Crippen LogP contribution in [-0.4, -0.2) is 40.5 Å². The van der Waals surface area contributed by atoms with Crippen molar-refractivity contribution in [2.24, 2.45) is 0 Å². The van der Waals surface area contributed by atoms with E-state index in [1.54, 1.807) is 37.4 Å². The van der Waals surface area contributed by atoms with Gasteiger partial charge in [-0.2, -0.15) is 0 Å². The van der Waals surface area contributed by atoms with Crippen LogP contribution in [-0.2, 0) is 9.59 Å². The van der Waals surface area contributed by atoms with E-state index in [0.717, 1.165) is 40.6 Å². The molecule has 1 amide bonds. The molecule has 1 fully saturated rings. The number of nitrogens with zero attached hydrogens (tertiary/aromatic N) is 3. The highest BCUT2D eigenvalue weighted by Gasteiger charge is 2.48. The number of fused-ring (bicyclic) bond motifs is 1. The van der Waals surface area contributed by atoms with Crippen LogP contribution in [0.15, 0.2) is 60.4 Å². The monoisotopic (exact) mass is 557 g/mol. The summed E-state index contributed by atoms with van der Waals surface area (Å²) in [5.74, 6) is -0.780. The zero-order valence-corrected chi connectivity index (χ0v) is 23.7. The zero-order chi connectivity index (χ0) is 28.4. The average molecular weight is 558 g/mol. The minimum absolute atomic E-state index is 0.0259. The lowest BCUT2D eigenvalue weighted by Gasteiger charge is -2.24. The summed E-state index contributed by atoms with van der Waals surface area (Å²) >= 11 is 1.34. The molecule has 1 N–H and O–H groups in total. The van der Waals surface area contributed by atoms with Crippen molar-refractivity contribution in [3.63, 3.8) is 0 Å². The van der Waals surface area contributed by atoms with Gasteiger partial charge in [-0.25, -0.2) is 4.98 Å². The highest BCUT2D eigenvalue weighted by Crippen LogP contribution is 2.46. The SMILES string of the molecule is CCCCCOc1ccc(C2/C(=C(\O)c3ccncc3)C(=O)C(=O)N2c2nc3c(C)cc(C)cc3s2)cc1OC. The Balaban J connectivity index is 1.66. The van der Waals surface area contributed by atoms with Crippen molar-refractivity contribution in [2.75, 3.05) is 18.6 Å². The molecule has 0 aliphatic carbocycles. The van der Waals surface area contributed by atoms with Crippen LogP contribution in [0, 0.1) is 13.8 Å². The minimum atomic E-state index is -0.932. The number of rotatable bonds is 9. The first kappa shape index (κ1) is 27.3. The summed E-state index contributed by atoms with van der Waals surface area (Å²) < 4.78 is 12.5. The highest BCUT2D eigenvalue weighted by atomic mass is 32.1. The number of thiazole rings is 1. The van der Waals surface area contributed by atoms with Crippen LogP contribution in [0.2, 0.25) is 0 Å². The summed E-state index contributed by atoms with van der Waals surface area (Å²) in [4.78, 5) is 37.3. The van der Waals surface area contributed by atoms with Gasteiger partial charge in [0.2, 0.25) is 0 Å². The molecule has 0 saturated carbocycles. The second-order valence-electron chi connectivity index (χ2n) is 9.80. The van der Waals surface area contributed by atoms with E-state index in [9.17, 15) is 14.7 Å². The largest absolute Gasteiger partial charge is 0.507 e. The van der Waals surface area contributed by atoms with Crippen molar-refractivity contribution in [3.8, 4) is 11.5 Å². The number of pyridine rings is 1. The lowest BCUT2D eigenvalue weighted by atomic mass is 9.95. The van der Waals surface area contributed by atoms with E-state index in [1.807, 2.05) is 26.0 Å². The molecule has 1 aliphatic heterocycles. The fraction of sp³-hybridized carbons (Fsp3) is 0.290. The Bertz CT molecular complexity index is 1610. The first-order valence-electron chi connectivity index (χ1n) is 13.2. The first-order chi connectivity index (χ1) is 19.3. The standard InChI is InChI=1S/C31H31N3O5S/c1-5-6-7-14-39-22-9-8-21(17-23(22)38-4)27-25(28(35)20-10-12-32-13-11-20)29(36)30(37)34(27)31-33-26-19(3)15-18(2)16-24(26)40-31/h8-13,15-17,27,35H,5-7,14H2,1-4H3/b28-25+. The molecule has 0 spiro atoms. The Morgan fingerprint density at radius 3 is 2.55 bits per heavy atom. The maximum atomic E-state index is 13.6. The molecular weight excluding hydrogens is 526 g/mol. The van der Waals surface area contributed by atoms with Crippen LogP contribution in [0.1, 0.15) is 54.5 Å². The van der Waals surface area contributed by atoms with Crippen LogP contribution in [0.5, 0.6) is 11.5 Å². The second kappa shape index (κ2) is 11.5. The van der Waals surface area contributed by atoms with E-state index in [-0.39, 0.29) is 11.3 Å². The van der Waals surface area contributed by atoms with E-state index in [2.05, 4.69) is 11.9 Å². The quantitative estimate of drug-likeness (QED) is 0.108. The number of carbonyl (C=O) groups is 2. The van der Waals surface area contributed by atoms with Crippen LogP contribution >= 0.6 is 11.3 Å². The number of aliphatic hydroxyl groups is 1. The molecule has 1 atom stereocenters. The first-order valence-corrected chi connectivity index (χ1v) is 14.1. The Morgan fingerprint density at radius 2 is 1.82 bits per heavy atom. The Labute approximate surface area is 236 Å². The number of ether oxygens (including phenoxy) is 2. The third kappa shape index (κ3) is 5.04. The van der Waals surface area contributed by atoms with Crippen molar-refractivity contribution in [3.05, 3.63) is 82.7 Å². The average Bonchev–Trinajstić information content (AvgIpc) is 3.49. The number of Topliss-reactive ketones (excluding diaryl/α,β-unsaturated/α-hetero) is 1. The van der Waals surface area contributed by atoms with Crippen LogP contribution in [0.3, 0.4) is 0 Å². The number of hydrogen-bond acceptors (Lipinski definition) is 8. The van der Waals surface area contributed by atoms with Gasteiger partial charge < -0.3 is 14.6 Å². The number of aromatic nitrogens is 2. The summed E-state index contributed by atoms with van der Waals surface area (Å²) in [6, 6.07) is 11.6. The minimum Gasteiger partial charge on any atom is -0.507 e. The molecule has 2 aromatic heterocycles. The maximum absolute atomic E-state index is 13.6. The summed E-state index contributed by atoms with van der Waals surface area (Å²) in [6.07, 6.45) is 6.11. The molecule has 40 heavy (non-hydrogen) atoms. The van der Waals surface area contributed by atoms with Gasteiger partial charge in [-0.15, -0.1) is 0 Å². The fourth-order valence-electron chi connectivity index (χ4n) is 4.98. The lowest BCUT2D eigenvalue weighted by molar-refractivity contribution is -0.132. The third-order valence-corrected chi connectivity index (χ3v) is 7.93. The van der Waals surface area contributed by atoms with Crippen molar-refractivity contribution in [2.45, 2.75) is 46.1 Å². The van der Waals surface area contributed by atoms with Gasteiger partial charge in [0.25, 0.3) is 5.78 Å². The Morgan fingerprint density at radius 1 is 1.05 bits per heavy atom. The Kier molecular flexibility index (Phi) is 7.84. The van der Waals surface area contributed by atoms with Crippen LogP contribution in [0.4, 0.5) is 5.13 Å². The third-order valence-electron chi connectivity index (χ3n) is 6.93. The zero-order valence-electron chi connectivity index (χ0n) is 22.9. The van der Waals surface area contributed by atoms with Gasteiger partial charge in [-0.05, 0) is 67.3 Å². The summed E-state index contributed by atoms with van der Waals surface area (Å²) in [6.45, 7) is 6.66. The van der Waals surface area contributed by atoms with Gasteiger partial charge in [-0.3, -0.25) is 19.5 Å². The number of unbranched alkanes of at least 4 members (excludes halogenated alkanes) is 2. The molecule has 4 aromatic rings. The van der Waals surface area contributed by atoms with Crippen molar-refractivity contribution in [1.29, 1.82) is 0 Å². The van der Waals surface area contributed by atoms with Gasteiger partial charge in [0, 0.05) is 18.0 Å². The van der Waals surface area contributed by atoms with Gasteiger partial charge in [-0.1, -0.05) is 43.2 Å². The number of benzene rings is 2. The molecule has 0 bridgehead atoms. The Hall–Kier alpha value is -4.24. The number of carbonyl (C=O) groups excluding carboxylic acids is 2. The molecule has 1 saturated heterocycles. The summed E-state index contributed by atoms with van der Waals surface area (Å²) in [5.41, 5.74) is 3.77. The molecule has 2 aromatic carbocycles. The van der Waals surface area contributed by atoms with Crippen molar-refractivity contribution < 1.29 is 24.2 Å². The number of hydrogen-bond donors (Lipinski definition) is 1. The normalized spacial score (nSPS) is 16.6. The number of aliphatic hydroxyl groups excluding tert-OH is 1. The molecule has 3 heterocycles. The molecule has 0 radical (unpaired) electrons. The second-order valence-corrected chi connectivity index (χ2v) is 10.8. The number of methoxy groups -OCH3 is 1. The van der Waals surface area contributed by atoms with Crippen LogP contribution < -0.4 is 14.4 Å². The summed E-state index contributed by atoms with van der Waals surface area (Å²) in [5, 5.41) is 11.7. The smallest absolute Gasteiger partial charge is 0.301 e. The molecule has 9 heteroatoms. The van der Waals surface area contributed by atoms with Gasteiger partial charge in [0.05, 0.1) is 35.5 Å². The van der Waals surface area contributed by atoms with E-state index < -0.39 is 17.7 Å². The number of aryl methyl sites for hydroxylation is 2. The lowest BCUT2D eigenvalue weighted by Crippen LogP contribution is -2.29. The summed E-state index contributed by atoms with van der Waals surface area (Å²) in [7, 11) is 1.55. The number of amides is 1.